The van der Waals surface area contributed by atoms with E-state index in [1.54, 1.807) is 0 Å². The molecule has 0 aliphatic rings. The van der Waals surface area contributed by atoms with Gasteiger partial charge in [0.05, 0.1) is 0 Å². The summed E-state index contributed by atoms with van der Waals surface area (Å²) in [4.78, 5) is 2.20. The van der Waals surface area contributed by atoms with Crippen LogP contribution in [-0.2, 0) is 6.54 Å². The summed E-state index contributed by atoms with van der Waals surface area (Å²) in [5.74, 6) is 0.105. The van der Waals surface area contributed by atoms with Crippen molar-refractivity contribution in [1.82, 2.24) is 0 Å². The Hall–Kier alpha value is -2.29. The molecular formula is C17H21N3. The van der Waals surface area contributed by atoms with E-state index in [0.29, 0.717) is 0 Å². The van der Waals surface area contributed by atoms with Gasteiger partial charge in [-0.3, -0.25) is 5.41 Å². The van der Waals surface area contributed by atoms with Crippen molar-refractivity contribution in [2.24, 2.45) is 5.73 Å². The van der Waals surface area contributed by atoms with Crippen LogP contribution in [0.2, 0.25) is 0 Å². The quantitative estimate of drug-likeness (QED) is 0.660. The summed E-state index contributed by atoms with van der Waals surface area (Å²) in [5, 5.41) is 7.41. The van der Waals surface area contributed by atoms with E-state index < -0.39 is 0 Å². The van der Waals surface area contributed by atoms with Gasteiger partial charge in [-0.1, -0.05) is 23.8 Å². The lowest BCUT2D eigenvalue weighted by Gasteiger charge is -2.21. The highest BCUT2D eigenvalue weighted by molar-refractivity contribution is 5.95. The van der Waals surface area contributed by atoms with Crippen LogP contribution in [0.15, 0.2) is 42.5 Å². The topological polar surface area (TPSA) is 53.1 Å². The standard InChI is InChI=1S/C17H21N3/c1-12-4-5-13(2)15(10-12)11-20(3)16-8-6-14(7-9-16)17(18)19/h4-10H,11H2,1-3H3,(H3,18,19). The zero-order valence-electron chi connectivity index (χ0n) is 12.3. The molecule has 0 saturated carbocycles. The van der Waals surface area contributed by atoms with Crippen LogP contribution in [0.5, 0.6) is 0 Å². The maximum atomic E-state index is 7.41. The Morgan fingerprint density at radius 3 is 2.35 bits per heavy atom. The van der Waals surface area contributed by atoms with Gasteiger partial charge in [0.25, 0.3) is 0 Å². The van der Waals surface area contributed by atoms with Crippen molar-refractivity contribution in [1.29, 1.82) is 5.41 Å². The Labute approximate surface area is 120 Å². The molecule has 0 saturated heterocycles. The van der Waals surface area contributed by atoms with Crippen LogP contribution in [0.25, 0.3) is 0 Å². The molecule has 0 amide bonds. The lowest BCUT2D eigenvalue weighted by molar-refractivity contribution is 0.912. The molecule has 20 heavy (non-hydrogen) atoms. The molecule has 2 aromatic carbocycles. The van der Waals surface area contributed by atoms with Gasteiger partial charge in [-0.2, -0.15) is 0 Å². The lowest BCUT2D eigenvalue weighted by Crippen LogP contribution is -2.17. The molecule has 0 aliphatic carbocycles. The number of nitrogen functional groups attached to an aromatic ring is 1. The van der Waals surface area contributed by atoms with Crippen molar-refractivity contribution in [3.05, 3.63) is 64.7 Å². The number of hydrogen-bond donors (Lipinski definition) is 2. The normalized spacial score (nSPS) is 10.3. The number of nitrogens with two attached hydrogens (primary N) is 1. The first-order valence-electron chi connectivity index (χ1n) is 6.69. The molecule has 0 aliphatic heterocycles. The summed E-state index contributed by atoms with van der Waals surface area (Å²) in [6, 6.07) is 14.3. The Kier molecular flexibility index (Phi) is 4.08. The van der Waals surface area contributed by atoms with Crippen molar-refractivity contribution in [2.45, 2.75) is 20.4 Å². The molecule has 3 nitrogen and oxygen atoms in total. The second-order valence-electron chi connectivity index (χ2n) is 5.25. The van der Waals surface area contributed by atoms with Crippen LogP contribution >= 0.6 is 0 Å². The molecule has 0 bridgehead atoms. The zero-order valence-corrected chi connectivity index (χ0v) is 12.3. The molecule has 2 rings (SSSR count). The fourth-order valence-corrected chi connectivity index (χ4v) is 2.21. The molecule has 0 atom stereocenters. The zero-order chi connectivity index (χ0) is 14.7. The summed E-state index contributed by atoms with van der Waals surface area (Å²) in [5.41, 5.74) is 11.3. The Morgan fingerprint density at radius 1 is 1.10 bits per heavy atom. The van der Waals surface area contributed by atoms with Gasteiger partial charge in [0.1, 0.15) is 5.84 Å². The molecule has 104 valence electrons. The summed E-state index contributed by atoms with van der Waals surface area (Å²) < 4.78 is 0. The second-order valence-corrected chi connectivity index (χ2v) is 5.25. The fourth-order valence-electron chi connectivity index (χ4n) is 2.21. The molecule has 2 aromatic rings. The maximum absolute atomic E-state index is 7.41. The molecule has 3 heteroatoms. The Morgan fingerprint density at radius 2 is 1.75 bits per heavy atom. The van der Waals surface area contributed by atoms with Gasteiger partial charge in [-0.05, 0) is 49.2 Å². The van der Waals surface area contributed by atoms with E-state index in [1.807, 2.05) is 24.3 Å². The third kappa shape index (κ3) is 3.18. The van der Waals surface area contributed by atoms with E-state index in [0.717, 1.165) is 17.8 Å². The van der Waals surface area contributed by atoms with Crippen molar-refractivity contribution < 1.29 is 0 Å². The number of hydrogen-bond acceptors (Lipinski definition) is 2. The predicted octanol–water partition coefficient (Wildman–Crippen LogP) is 3.22. The number of benzene rings is 2. The van der Waals surface area contributed by atoms with E-state index >= 15 is 0 Å². The van der Waals surface area contributed by atoms with Gasteiger partial charge in [0.15, 0.2) is 0 Å². The van der Waals surface area contributed by atoms with Gasteiger partial charge >= 0.3 is 0 Å². The molecule has 0 aromatic heterocycles. The van der Waals surface area contributed by atoms with Crippen LogP contribution in [0.1, 0.15) is 22.3 Å². The average molecular weight is 267 g/mol. The molecule has 0 fully saturated rings. The van der Waals surface area contributed by atoms with Gasteiger partial charge in [-0.15, -0.1) is 0 Å². The number of aryl methyl sites for hydroxylation is 2. The predicted molar refractivity (Wildman–Crippen MR) is 85.5 cm³/mol. The summed E-state index contributed by atoms with van der Waals surface area (Å²) in [6.07, 6.45) is 0. The highest BCUT2D eigenvalue weighted by Gasteiger charge is 2.05. The van der Waals surface area contributed by atoms with Gasteiger partial charge in [-0.25, -0.2) is 0 Å². The number of amidine groups is 1. The average Bonchev–Trinajstić information content (AvgIpc) is 2.43. The molecule has 0 unspecified atom stereocenters. The fraction of sp³-hybridized carbons (Fsp3) is 0.235. The molecule has 0 heterocycles. The van der Waals surface area contributed by atoms with E-state index in [1.165, 1.54) is 16.7 Å². The first-order valence-corrected chi connectivity index (χ1v) is 6.69. The van der Waals surface area contributed by atoms with Crippen LogP contribution < -0.4 is 10.6 Å². The monoisotopic (exact) mass is 267 g/mol. The lowest BCUT2D eigenvalue weighted by atomic mass is 10.0. The minimum Gasteiger partial charge on any atom is -0.384 e. The minimum absolute atomic E-state index is 0.105. The highest BCUT2D eigenvalue weighted by atomic mass is 15.1. The largest absolute Gasteiger partial charge is 0.384 e. The molecular weight excluding hydrogens is 246 g/mol. The van der Waals surface area contributed by atoms with Crippen molar-refractivity contribution in [2.75, 3.05) is 11.9 Å². The Balaban J connectivity index is 2.17. The van der Waals surface area contributed by atoms with Crippen molar-refractivity contribution in [3.63, 3.8) is 0 Å². The first kappa shape index (κ1) is 14.1. The van der Waals surface area contributed by atoms with E-state index in [2.05, 4.69) is 44.0 Å². The van der Waals surface area contributed by atoms with Crippen LogP contribution in [0, 0.1) is 19.3 Å². The number of nitrogens with zero attached hydrogens (tertiary/aromatic N) is 1. The first-order chi connectivity index (χ1) is 9.47. The van der Waals surface area contributed by atoms with Crippen LogP contribution in [-0.4, -0.2) is 12.9 Å². The van der Waals surface area contributed by atoms with Gasteiger partial charge in [0, 0.05) is 24.8 Å². The van der Waals surface area contributed by atoms with Gasteiger partial charge < -0.3 is 10.6 Å². The molecule has 3 N–H and O–H groups in total. The summed E-state index contributed by atoms with van der Waals surface area (Å²) in [7, 11) is 2.07. The number of rotatable bonds is 4. The SMILES string of the molecule is Cc1ccc(C)c(CN(C)c2ccc(C(=N)N)cc2)c1. The molecule has 0 radical (unpaired) electrons. The van der Waals surface area contributed by atoms with Crippen molar-refractivity contribution >= 4 is 11.5 Å². The summed E-state index contributed by atoms with van der Waals surface area (Å²) in [6.45, 7) is 5.12. The maximum Gasteiger partial charge on any atom is 0.122 e. The summed E-state index contributed by atoms with van der Waals surface area (Å²) >= 11 is 0. The second kappa shape index (κ2) is 5.78. The number of anilines is 1. The highest BCUT2D eigenvalue weighted by Crippen LogP contribution is 2.19. The van der Waals surface area contributed by atoms with E-state index in [9.17, 15) is 0 Å². The Bertz CT molecular complexity index is 615. The van der Waals surface area contributed by atoms with E-state index in [4.69, 9.17) is 11.1 Å². The van der Waals surface area contributed by atoms with Crippen LogP contribution in [0.3, 0.4) is 0 Å². The smallest absolute Gasteiger partial charge is 0.122 e. The van der Waals surface area contributed by atoms with Gasteiger partial charge in [0.2, 0.25) is 0 Å². The third-order valence-electron chi connectivity index (χ3n) is 3.53. The number of nitrogens with one attached hydrogen (secondary N) is 1. The van der Waals surface area contributed by atoms with Crippen LogP contribution in [0.4, 0.5) is 5.69 Å². The van der Waals surface area contributed by atoms with E-state index in [-0.39, 0.29) is 5.84 Å². The third-order valence-corrected chi connectivity index (χ3v) is 3.53. The molecule has 0 spiro atoms. The van der Waals surface area contributed by atoms with Crippen molar-refractivity contribution in [3.8, 4) is 0 Å². The minimum atomic E-state index is 0.105.